The Bertz CT molecular complexity index is 468. The molecule has 0 amide bonds. The van der Waals surface area contributed by atoms with E-state index in [9.17, 15) is 0 Å². The molecule has 0 bridgehead atoms. The molecule has 16 heavy (non-hydrogen) atoms. The molecule has 0 aliphatic carbocycles. The summed E-state index contributed by atoms with van der Waals surface area (Å²) in [4.78, 5) is 0. The molecule has 0 heteroatoms. The third kappa shape index (κ3) is 2.44. The second-order valence-electron chi connectivity index (χ2n) is 5.11. The predicted octanol–water partition coefficient (Wildman–Crippen LogP) is 4.67. The van der Waals surface area contributed by atoms with Crippen molar-refractivity contribution in [2.45, 2.75) is 27.2 Å². The molecule has 0 saturated carbocycles. The van der Waals surface area contributed by atoms with Crippen molar-refractivity contribution in [2.24, 2.45) is 11.8 Å². The summed E-state index contributed by atoms with van der Waals surface area (Å²) < 4.78 is 0. The van der Waals surface area contributed by atoms with Crippen LogP contribution in [0.1, 0.15) is 26.3 Å². The monoisotopic (exact) mass is 212 g/mol. The van der Waals surface area contributed by atoms with E-state index in [0.717, 1.165) is 11.8 Å². The molecular formula is C16H20. The van der Waals surface area contributed by atoms with Gasteiger partial charge in [-0.3, -0.25) is 0 Å². The van der Waals surface area contributed by atoms with Crippen LogP contribution in [0.3, 0.4) is 0 Å². The zero-order valence-corrected chi connectivity index (χ0v) is 10.4. The van der Waals surface area contributed by atoms with Gasteiger partial charge in [0, 0.05) is 0 Å². The fourth-order valence-electron chi connectivity index (χ4n) is 1.97. The van der Waals surface area contributed by atoms with Crippen molar-refractivity contribution in [1.29, 1.82) is 0 Å². The molecule has 0 nitrogen and oxygen atoms in total. The molecule has 2 rings (SSSR count). The minimum Gasteiger partial charge on any atom is -0.0625 e. The number of benzene rings is 2. The van der Waals surface area contributed by atoms with Crippen molar-refractivity contribution in [3.05, 3.63) is 48.0 Å². The van der Waals surface area contributed by atoms with Crippen LogP contribution < -0.4 is 0 Å². The van der Waals surface area contributed by atoms with Gasteiger partial charge in [0.1, 0.15) is 0 Å². The molecule has 0 radical (unpaired) electrons. The molecule has 2 aromatic carbocycles. The summed E-state index contributed by atoms with van der Waals surface area (Å²) in [6, 6.07) is 15.4. The first kappa shape index (κ1) is 11.2. The van der Waals surface area contributed by atoms with Crippen molar-refractivity contribution < 1.29 is 0 Å². The van der Waals surface area contributed by atoms with Crippen molar-refractivity contribution in [1.82, 2.24) is 0 Å². The second-order valence-corrected chi connectivity index (χ2v) is 5.11. The summed E-state index contributed by atoms with van der Waals surface area (Å²) in [5, 5.41) is 2.69. The van der Waals surface area contributed by atoms with Gasteiger partial charge in [-0.05, 0) is 34.6 Å². The number of fused-ring (bicyclic) bond motifs is 1. The summed E-state index contributed by atoms with van der Waals surface area (Å²) in [7, 11) is 0. The Hall–Kier alpha value is -1.30. The van der Waals surface area contributed by atoms with Crippen LogP contribution in [-0.2, 0) is 6.42 Å². The van der Waals surface area contributed by atoms with Gasteiger partial charge in [0.25, 0.3) is 0 Å². The van der Waals surface area contributed by atoms with Crippen LogP contribution in [-0.4, -0.2) is 0 Å². The first-order valence-corrected chi connectivity index (χ1v) is 6.14. The lowest BCUT2D eigenvalue weighted by Gasteiger charge is -2.15. The molecule has 1 unspecified atom stereocenters. The third-order valence-corrected chi connectivity index (χ3v) is 3.51. The van der Waals surface area contributed by atoms with E-state index in [1.54, 1.807) is 0 Å². The minimum atomic E-state index is 0.751. The van der Waals surface area contributed by atoms with Crippen LogP contribution in [0, 0.1) is 11.8 Å². The molecule has 0 aliphatic heterocycles. The maximum Gasteiger partial charge on any atom is -0.0181 e. The Morgan fingerprint density at radius 2 is 1.56 bits per heavy atom. The average Bonchev–Trinajstić information content (AvgIpc) is 2.28. The first-order chi connectivity index (χ1) is 7.66. The third-order valence-electron chi connectivity index (χ3n) is 3.51. The highest BCUT2D eigenvalue weighted by atomic mass is 14.1. The Balaban J connectivity index is 2.26. The van der Waals surface area contributed by atoms with E-state index < -0.39 is 0 Å². The van der Waals surface area contributed by atoms with E-state index in [2.05, 4.69) is 63.2 Å². The van der Waals surface area contributed by atoms with Gasteiger partial charge in [0.05, 0.1) is 0 Å². The van der Waals surface area contributed by atoms with Crippen LogP contribution in [0.2, 0.25) is 0 Å². The van der Waals surface area contributed by atoms with Crippen LogP contribution >= 0.6 is 0 Å². The van der Waals surface area contributed by atoms with E-state index in [4.69, 9.17) is 0 Å². The van der Waals surface area contributed by atoms with Crippen molar-refractivity contribution in [2.75, 3.05) is 0 Å². The molecule has 0 N–H and O–H groups in total. The van der Waals surface area contributed by atoms with Gasteiger partial charge in [-0.1, -0.05) is 63.2 Å². The standard InChI is InChI=1S/C16H20/c1-12(2)13(3)10-14-8-9-15-6-4-5-7-16(15)11-14/h4-9,11-13H,10H2,1-3H3. The number of hydrogen-bond donors (Lipinski definition) is 0. The van der Waals surface area contributed by atoms with Gasteiger partial charge in [-0.25, -0.2) is 0 Å². The van der Waals surface area contributed by atoms with E-state index >= 15 is 0 Å². The molecule has 0 aliphatic rings. The molecule has 1 atom stereocenters. The summed E-state index contributed by atoms with van der Waals surface area (Å²) in [6.07, 6.45) is 1.18. The van der Waals surface area contributed by atoms with Crippen molar-refractivity contribution >= 4 is 10.8 Å². The zero-order valence-electron chi connectivity index (χ0n) is 10.4. The van der Waals surface area contributed by atoms with E-state index in [0.29, 0.717) is 0 Å². The number of hydrogen-bond acceptors (Lipinski definition) is 0. The fourth-order valence-corrected chi connectivity index (χ4v) is 1.97. The fraction of sp³-hybridized carbons (Fsp3) is 0.375. The predicted molar refractivity (Wildman–Crippen MR) is 71.7 cm³/mol. The van der Waals surface area contributed by atoms with Crippen LogP contribution in [0.15, 0.2) is 42.5 Å². The van der Waals surface area contributed by atoms with Gasteiger partial charge in [-0.2, -0.15) is 0 Å². The van der Waals surface area contributed by atoms with E-state index in [1.165, 1.54) is 22.8 Å². The molecule has 0 fully saturated rings. The van der Waals surface area contributed by atoms with Crippen molar-refractivity contribution in [3.63, 3.8) is 0 Å². The maximum atomic E-state index is 2.33. The molecule has 2 aromatic rings. The second kappa shape index (κ2) is 4.69. The summed E-state index contributed by atoms with van der Waals surface area (Å²) in [5.74, 6) is 1.51. The SMILES string of the molecule is CC(C)C(C)Cc1ccc2ccccc2c1. The topological polar surface area (TPSA) is 0 Å². The highest BCUT2D eigenvalue weighted by Crippen LogP contribution is 2.20. The van der Waals surface area contributed by atoms with E-state index in [-0.39, 0.29) is 0 Å². The number of rotatable bonds is 3. The van der Waals surface area contributed by atoms with Gasteiger partial charge >= 0.3 is 0 Å². The quantitative estimate of drug-likeness (QED) is 0.693. The van der Waals surface area contributed by atoms with Gasteiger partial charge in [-0.15, -0.1) is 0 Å². The normalized spacial score (nSPS) is 13.2. The summed E-state index contributed by atoms with van der Waals surface area (Å²) >= 11 is 0. The lowest BCUT2D eigenvalue weighted by Crippen LogP contribution is -2.07. The van der Waals surface area contributed by atoms with E-state index in [1.807, 2.05) is 0 Å². The highest BCUT2D eigenvalue weighted by molar-refractivity contribution is 5.82. The zero-order chi connectivity index (χ0) is 11.5. The molecule has 0 heterocycles. The van der Waals surface area contributed by atoms with Gasteiger partial charge in [0.15, 0.2) is 0 Å². The van der Waals surface area contributed by atoms with Gasteiger partial charge in [0.2, 0.25) is 0 Å². The highest BCUT2D eigenvalue weighted by Gasteiger charge is 2.08. The first-order valence-electron chi connectivity index (χ1n) is 6.14. The van der Waals surface area contributed by atoms with Crippen molar-refractivity contribution in [3.8, 4) is 0 Å². The largest absolute Gasteiger partial charge is 0.0625 e. The molecule has 0 saturated heterocycles. The lowest BCUT2D eigenvalue weighted by molar-refractivity contribution is 0.417. The molecular weight excluding hydrogens is 192 g/mol. The van der Waals surface area contributed by atoms with Crippen LogP contribution in [0.25, 0.3) is 10.8 Å². The lowest BCUT2D eigenvalue weighted by atomic mass is 9.90. The Morgan fingerprint density at radius 1 is 0.875 bits per heavy atom. The van der Waals surface area contributed by atoms with Gasteiger partial charge < -0.3 is 0 Å². The summed E-state index contributed by atoms with van der Waals surface area (Å²) in [5.41, 5.74) is 1.46. The Kier molecular flexibility index (Phi) is 3.28. The maximum absolute atomic E-state index is 2.33. The average molecular weight is 212 g/mol. The Morgan fingerprint density at radius 3 is 2.25 bits per heavy atom. The minimum absolute atomic E-state index is 0.751. The van der Waals surface area contributed by atoms with Crippen LogP contribution in [0.4, 0.5) is 0 Å². The molecule has 84 valence electrons. The molecule has 0 spiro atoms. The Labute approximate surface area is 98.3 Å². The summed E-state index contributed by atoms with van der Waals surface area (Å²) in [6.45, 7) is 6.93. The molecule has 0 aromatic heterocycles. The van der Waals surface area contributed by atoms with Crippen LogP contribution in [0.5, 0.6) is 0 Å². The smallest absolute Gasteiger partial charge is 0.0181 e.